The summed E-state index contributed by atoms with van der Waals surface area (Å²) in [5, 5.41) is 9.68. The zero-order chi connectivity index (χ0) is 19.2. The topological polar surface area (TPSA) is 89.9 Å². The van der Waals surface area contributed by atoms with Crippen LogP contribution in [0.1, 0.15) is 31.9 Å². The van der Waals surface area contributed by atoms with Gasteiger partial charge in [0.25, 0.3) is 0 Å². The Balaban J connectivity index is 1.80. The first kappa shape index (κ1) is 20.9. The van der Waals surface area contributed by atoms with Crippen LogP contribution < -0.4 is 15.5 Å². The summed E-state index contributed by atoms with van der Waals surface area (Å²) in [5.41, 5.74) is 0.974. The summed E-state index contributed by atoms with van der Waals surface area (Å²) in [6.07, 6.45) is 2.22. The maximum absolute atomic E-state index is 12.1. The van der Waals surface area contributed by atoms with Gasteiger partial charge in [0.15, 0.2) is 11.1 Å². The van der Waals surface area contributed by atoms with Crippen LogP contribution in [-0.4, -0.2) is 69.7 Å². The highest BCUT2D eigenvalue weighted by molar-refractivity contribution is 7.89. The minimum atomic E-state index is -3.09. The van der Waals surface area contributed by atoms with E-state index < -0.39 is 10.0 Å². The molecule has 10 heteroatoms. The summed E-state index contributed by atoms with van der Waals surface area (Å²) >= 11 is 1.61. The SMILES string of the molecule is CCCS(=O)(=O)N1CCC(NC(=NC)NCc2csc(N(C)C)n2)CC1. The molecule has 8 nitrogen and oxygen atoms in total. The molecular formula is C16H30N6O2S2. The first-order chi connectivity index (χ1) is 12.4. The number of hydrogen-bond donors (Lipinski definition) is 2. The van der Waals surface area contributed by atoms with Gasteiger partial charge in [0.05, 0.1) is 18.0 Å². The van der Waals surface area contributed by atoms with E-state index >= 15 is 0 Å². The molecule has 2 heterocycles. The van der Waals surface area contributed by atoms with Gasteiger partial charge in [-0.05, 0) is 19.3 Å². The average Bonchev–Trinajstić information content (AvgIpc) is 3.08. The Morgan fingerprint density at radius 1 is 1.42 bits per heavy atom. The largest absolute Gasteiger partial charge is 0.354 e. The van der Waals surface area contributed by atoms with Crippen LogP contribution in [0.25, 0.3) is 0 Å². The van der Waals surface area contributed by atoms with Crippen LogP contribution in [-0.2, 0) is 16.6 Å². The maximum atomic E-state index is 12.1. The van der Waals surface area contributed by atoms with E-state index in [0.717, 1.165) is 29.6 Å². The molecule has 1 aromatic rings. The lowest BCUT2D eigenvalue weighted by atomic mass is 10.1. The normalized spacial score (nSPS) is 17.3. The molecule has 148 valence electrons. The lowest BCUT2D eigenvalue weighted by Gasteiger charge is -2.32. The van der Waals surface area contributed by atoms with Crippen LogP contribution >= 0.6 is 11.3 Å². The molecule has 0 radical (unpaired) electrons. The van der Waals surface area contributed by atoms with Crippen molar-refractivity contribution in [2.45, 2.75) is 38.8 Å². The predicted octanol–water partition coefficient (Wildman–Crippen LogP) is 1.08. The Labute approximate surface area is 160 Å². The zero-order valence-corrected chi connectivity index (χ0v) is 17.7. The highest BCUT2D eigenvalue weighted by atomic mass is 32.2. The van der Waals surface area contributed by atoms with Gasteiger partial charge in [-0.2, -0.15) is 0 Å². The van der Waals surface area contributed by atoms with E-state index in [0.29, 0.717) is 26.1 Å². The second kappa shape index (κ2) is 9.52. The van der Waals surface area contributed by atoms with Crippen LogP contribution in [0.3, 0.4) is 0 Å². The molecule has 1 saturated heterocycles. The standard InChI is InChI=1S/C16H30N6O2S2/c1-5-10-26(23,24)22-8-6-13(7-9-22)19-15(17-2)18-11-14-12-25-16(20-14)21(3)4/h12-13H,5-11H2,1-4H3,(H2,17,18,19). The molecule has 0 atom stereocenters. The van der Waals surface area contributed by atoms with Crippen LogP contribution in [0.5, 0.6) is 0 Å². The van der Waals surface area contributed by atoms with Crippen molar-refractivity contribution in [1.29, 1.82) is 0 Å². The number of aliphatic imine (C=N–C) groups is 1. The summed E-state index contributed by atoms with van der Waals surface area (Å²) in [4.78, 5) is 10.8. The number of anilines is 1. The second-order valence-corrected chi connectivity index (χ2v) is 9.50. The smallest absolute Gasteiger partial charge is 0.214 e. The number of hydrogen-bond acceptors (Lipinski definition) is 6. The Morgan fingerprint density at radius 2 is 2.12 bits per heavy atom. The molecule has 1 aliphatic rings. The van der Waals surface area contributed by atoms with E-state index in [1.165, 1.54) is 0 Å². The third kappa shape index (κ3) is 5.82. The van der Waals surface area contributed by atoms with Crippen molar-refractivity contribution in [3.63, 3.8) is 0 Å². The maximum Gasteiger partial charge on any atom is 0.214 e. The fourth-order valence-corrected chi connectivity index (χ4v) is 5.11. The fourth-order valence-electron chi connectivity index (χ4n) is 2.81. The van der Waals surface area contributed by atoms with Crippen LogP contribution in [0, 0.1) is 0 Å². The number of nitrogens with zero attached hydrogens (tertiary/aromatic N) is 4. The van der Waals surface area contributed by atoms with Gasteiger partial charge in [0.1, 0.15) is 0 Å². The molecule has 0 unspecified atom stereocenters. The monoisotopic (exact) mass is 402 g/mol. The molecule has 0 aromatic carbocycles. The Morgan fingerprint density at radius 3 is 2.65 bits per heavy atom. The molecule has 1 aromatic heterocycles. The quantitative estimate of drug-likeness (QED) is 0.524. The fraction of sp³-hybridized carbons (Fsp3) is 0.750. The molecule has 2 rings (SSSR count). The number of rotatable bonds is 7. The van der Waals surface area contributed by atoms with Crippen molar-refractivity contribution in [2.24, 2.45) is 4.99 Å². The van der Waals surface area contributed by atoms with Crippen molar-refractivity contribution in [1.82, 2.24) is 19.9 Å². The van der Waals surface area contributed by atoms with E-state index in [-0.39, 0.29) is 11.8 Å². The summed E-state index contributed by atoms with van der Waals surface area (Å²) in [5.74, 6) is 0.955. The number of aromatic nitrogens is 1. The number of guanidine groups is 1. The van der Waals surface area contributed by atoms with Crippen molar-refractivity contribution in [3.05, 3.63) is 11.1 Å². The van der Waals surface area contributed by atoms with Gasteiger partial charge in [-0.15, -0.1) is 11.3 Å². The van der Waals surface area contributed by atoms with Gasteiger partial charge in [-0.3, -0.25) is 4.99 Å². The highest BCUT2D eigenvalue weighted by Gasteiger charge is 2.27. The number of thiazole rings is 1. The van der Waals surface area contributed by atoms with E-state index in [1.807, 2.05) is 31.3 Å². The zero-order valence-electron chi connectivity index (χ0n) is 16.0. The van der Waals surface area contributed by atoms with E-state index in [2.05, 4.69) is 20.6 Å². The number of nitrogens with one attached hydrogen (secondary N) is 2. The number of sulfonamides is 1. The summed E-state index contributed by atoms with van der Waals surface area (Å²) in [7, 11) is 2.60. The molecule has 1 fully saturated rings. The van der Waals surface area contributed by atoms with E-state index in [9.17, 15) is 8.42 Å². The first-order valence-electron chi connectivity index (χ1n) is 8.92. The van der Waals surface area contributed by atoms with Gasteiger partial charge >= 0.3 is 0 Å². The average molecular weight is 403 g/mol. The van der Waals surface area contributed by atoms with Gasteiger partial charge in [0.2, 0.25) is 10.0 Å². The Bertz CT molecular complexity index is 693. The molecule has 2 N–H and O–H groups in total. The Hall–Kier alpha value is -1.39. The number of piperidine rings is 1. The van der Waals surface area contributed by atoms with Crippen LogP contribution in [0.2, 0.25) is 0 Å². The first-order valence-corrected chi connectivity index (χ1v) is 11.4. The van der Waals surface area contributed by atoms with Crippen LogP contribution in [0.4, 0.5) is 5.13 Å². The predicted molar refractivity (Wildman–Crippen MR) is 108 cm³/mol. The Kier molecular flexibility index (Phi) is 7.66. The minimum absolute atomic E-state index is 0.224. The van der Waals surface area contributed by atoms with Crippen molar-refractivity contribution < 1.29 is 8.42 Å². The van der Waals surface area contributed by atoms with Gasteiger partial charge in [0, 0.05) is 45.7 Å². The molecule has 0 saturated carbocycles. The molecule has 26 heavy (non-hydrogen) atoms. The van der Waals surface area contributed by atoms with Crippen LogP contribution in [0.15, 0.2) is 10.4 Å². The molecule has 0 bridgehead atoms. The molecule has 1 aliphatic heterocycles. The highest BCUT2D eigenvalue weighted by Crippen LogP contribution is 2.18. The molecule has 0 amide bonds. The van der Waals surface area contributed by atoms with Crippen molar-refractivity contribution in [3.8, 4) is 0 Å². The second-order valence-electron chi connectivity index (χ2n) is 6.58. The summed E-state index contributed by atoms with van der Waals surface area (Å²) < 4.78 is 25.9. The molecule has 0 aliphatic carbocycles. The van der Waals surface area contributed by atoms with E-state index in [4.69, 9.17) is 0 Å². The summed E-state index contributed by atoms with van der Waals surface area (Å²) in [6.45, 7) is 3.63. The molecule has 0 spiro atoms. The third-order valence-corrected chi connectivity index (χ3v) is 7.37. The lowest BCUT2D eigenvalue weighted by Crippen LogP contribution is -2.49. The lowest BCUT2D eigenvalue weighted by molar-refractivity contribution is 0.306. The summed E-state index contributed by atoms with van der Waals surface area (Å²) in [6, 6.07) is 0.224. The van der Waals surface area contributed by atoms with E-state index in [1.54, 1.807) is 22.7 Å². The molecular weight excluding hydrogens is 372 g/mol. The van der Waals surface area contributed by atoms with Gasteiger partial charge < -0.3 is 15.5 Å². The van der Waals surface area contributed by atoms with Gasteiger partial charge in [-0.1, -0.05) is 6.92 Å². The third-order valence-electron chi connectivity index (χ3n) is 4.23. The van der Waals surface area contributed by atoms with Crippen molar-refractivity contribution in [2.75, 3.05) is 44.9 Å². The minimum Gasteiger partial charge on any atom is -0.354 e. The van der Waals surface area contributed by atoms with Crippen molar-refractivity contribution >= 4 is 32.5 Å². The van der Waals surface area contributed by atoms with Gasteiger partial charge in [-0.25, -0.2) is 17.7 Å².